The van der Waals surface area contributed by atoms with Crippen LogP contribution in [0.25, 0.3) is 0 Å². The average molecular weight is 287 g/mol. The molecule has 1 unspecified atom stereocenters. The Morgan fingerprint density at radius 2 is 2.35 bits per heavy atom. The summed E-state index contributed by atoms with van der Waals surface area (Å²) in [6.45, 7) is -0.579. The second-order valence-electron chi connectivity index (χ2n) is 5.20. The van der Waals surface area contributed by atoms with Crippen LogP contribution >= 0.6 is 0 Å². The molecule has 1 aromatic heterocycles. The van der Waals surface area contributed by atoms with Crippen LogP contribution < -0.4 is 0 Å². The van der Waals surface area contributed by atoms with Gasteiger partial charge in [0.15, 0.2) is 0 Å². The molecule has 0 spiro atoms. The lowest BCUT2D eigenvalue weighted by Gasteiger charge is -2.32. The van der Waals surface area contributed by atoms with Gasteiger partial charge in [-0.25, -0.2) is 4.98 Å². The zero-order chi connectivity index (χ0) is 14.5. The first kappa shape index (κ1) is 14.9. The van der Waals surface area contributed by atoms with Crippen molar-refractivity contribution in [2.75, 3.05) is 13.1 Å². The molecule has 0 radical (unpaired) electrons. The second-order valence-corrected chi connectivity index (χ2v) is 5.20. The maximum absolute atomic E-state index is 12.7. The van der Waals surface area contributed by atoms with Crippen LogP contribution in [0.3, 0.4) is 0 Å². The van der Waals surface area contributed by atoms with Crippen LogP contribution in [-0.4, -0.2) is 38.6 Å². The van der Waals surface area contributed by atoms with E-state index in [1.807, 2.05) is 0 Å². The van der Waals surface area contributed by atoms with Gasteiger partial charge in [-0.05, 0) is 31.7 Å². The number of aliphatic carboxylic acids is 1. The van der Waals surface area contributed by atoms with Crippen molar-refractivity contribution in [3.63, 3.8) is 0 Å². The van der Waals surface area contributed by atoms with Gasteiger partial charge in [-0.2, -0.15) is 8.78 Å². The minimum atomic E-state index is -2.57. The largest absolute Gasteiger partial charge is 0.481 e. The molecule has 112 valence electrons. The Kier molecular flexibility index (Phi) is 5.05. The summed E-state index contributed by atoms with van der Waals surface area (Å²) in [6, 6.07) is 0. The first-order valence-electron chi connectivity index (χ1n) is 6.80. The van der Waals surface area contributed by atoms with E-state index in [1.165, 1.54) is 12.4 Å². The Morgan fingerprint density at radius 1 is 1.55 bits per heavy atom. The predicted molar refractivity (Wildman–Crippen MR) is 68.4 cm³/mol. The summed E-state index contributed by atoms with van der Waals surface area (Å²) in [7, 11) is 0. The normalized spacial score (nSPS) is 20.4. The zero-order valence-electron chi connectivity index (χ0n) is 11.2. The summed E-state index contributed by atoms with van der Waals surface area (Å²) >= 11 is 0. The fourth-order valence-corrected chi connectivity index (χ4v) is 2.70. The summed E-state index contributed by atoms with van der Waals surface area (Å²) in [5.74, 6) is -0.0935. The molecule has 1 aliphatic rings. The maximum atomic E-state index is 12.7. The topological polar surface area (TPSA) is 58.4 Å². The molecule has 2 rings (SSSR count). The van der Waals surface area contributed by atoms with Crippen LogP contribution in [0.15, 0.2) is 12.4 Å². The van der Waals surface area contributed by atoms with Gasteiger partial charge in [-0.1, -0.05) is 0 Å². The lowest BCUT2D eigenvalue weighted by molar-refractivity contribution is -0.137. The first-order chi connectivity index (χ1) is 9.56. The number of aromatic nitrogens is 2. The summed E-state index contributed by atoms with van der Waals surface area (Å²) in [5.41, 5.74) is 0. The number of alkyl halides is 2. The number of hydrogen-bond acceptors (Lipinski definition) is 3. The smallest absolute Gasteiger partial charge is 0.319 e. The summed E-state index contributed by atoms with van der Waals surface area (Å²) in [6.07, 6.45) is 5.46. The molecule has 0 amide bonds. The van der Waals surface area contributed by atoms with Gasteiger partial charge < -0.3 is 5.11 Å². The highest BCUT2D eigenvalue weighted by molar-refractivity contribution is 5.66. The van der Waals surface area contributed by atoms with E-state index in [0.717, 1.165) is 30.5 Å². The van der Waals surface area contributed by atoms with Gasteiger partial charge >= 0.3 is 12.5 Å². The van der Waals surface area contributed by atoms with Crippen molar-refractivity contribution < 1.29 is 18.7 Å². The Hall–Kier alpha value is -1.50. The quantitative estimate of drug-likeness (QED) is 0.872. The first-order valence-corrected chi connectivity index (χ1v) is 6.80. The van der Waals surface area contributed by atoms with E-state index in [0.29, 0.717) is 24.7 Å². The standard InChI is InChI=1S/C13H19F2N3O2/c14-13(15)18-7-5-16-11(18)9-17-6-1-2-10(8-17)3-4-12(19)20/h5,7,10,13H,1-4,6,8-9H2,(H,19,20). The molecule has 1 aliphatic heterocycles. The fourth-order valence-electron chi connectivity index (χ4n) is 2.70. The molecule has 20 heavy (non-hydrogen) atoms. The molecule has 0 bridgehead atoms. The number of piperidine rings is 1. The van der Waals surface area contributed by atoms with E-state index in [-0.39, 0.29) is 6.42 Å². The van der Waals surface area contributed by atoms with Gasteiger partial charge in [0, 0.05) is 25.4 Å². The van der Waals surface area contributed by atoms with Gasteiger partial charge in [0.1, 0.15) is 5.82 Å². The number of nitrogens with zero attached hydrogens (tertiary/aromatic N) is 3. The zero-order valence-corrected chi connectivity index (χ0v) is 11.2. The van der Waals surface area contributed by atoms with Crippen molar-refractivity contribution in [1.82, 2.24) is 14.5 Å². The predicted octanol–water partition coefficient (Wildman–Crippen LogP) is 2.36. The van der Waals surface area contributed by atoms with E-state index in [1.54, 1.807) is 0 Å². The number of halogens is 2. The molecule has 0 saturated carbocycles. The number of carboxylic acids is 1. The minimum Gasteiger partial charge on any atom is -0.481 e. The van der Waals surface area contributed by atoms with Gasteiger partial charge in [0.05, 0.1) is 6.54 Å². The van der Waals surface area contributed by atoms with E-state index in [4.69, 9.17) is 5.11 Å². The average Bonchev–Trinajstić information content (AvgIpc) is 2.85. The highest BCUT2D eigenvalue weighted by Crippen LogP contribution is 2.23. The van der Waals surface area contributed by atoms with Crippen molar-refractivity contribution >= 4 is 5.97 Å². The molecule has 0 aliphatic carbocycles. The van der Waals surface area contributed by atoms with E-state index in [2.05, 4.69) is 9.88 Å². The van der Waals surface area contributed by atoms with Crippen LogP contribution in [-0.2, 0) is 11.3 Å². The van der Waals surface area contributed by atoms with Crippen molar-refractivity contribution in [2.24, 2.45) is 5.92 Å². The number of imidazole rings is 1. The fraction of sp³-hybridized carbons (Fsp3) is 0.692. The highest BCUT2D eigenvalue weighted by atomic mass is 19.3. The van der Waals surface area contributed by atoms with Gasteiger partial charge in [-0.15, -0.1) is 0 Å². The molecule has 1 saturated heterocycles. The van der Waals surface area contributed by atoms with Crippen LogP contribution in [0.2, 0.25) is 0 Å². The molecular formula is C13H19F2N3O2. The third-order valence-electron chi connectivity index (χ3n) is 3.69. The minimum absolute atomic E-state index is 0.171. The third-order valence-corrected chi connectivity index (χ3v) is 3.69. The van der Waals surface area contributed by atoms with Crippen LogP contribution in [0.1, 0.15) is 38.1 Å². The van der Waals surface area contributed by atoms with Gasteiger partial charge in [0.2, 0.25) is 0 Å². The van der Waals surface area contributed by atoms with Gasteiger partial charge in [-0.3, -0.25) is 14.3 Å². The van der Waals surface area contributed by atoms with Crippen LogP contribution in [0, 0.1) is 5.92 Å². The third kappa shape index (κ3) is 4.00. The molecule has 2 heterocycles. The molecule has 5 nitrogen and oxygen atoms in total. The lowest BCUT2D eigenvalue weighted by Crippen LogP contribution is -2.36. The van der Waals surface area contributed by atoms with Crippen molar-refractivity contribution in [3.05, 3.63) is 18.2 Å². The SMILES string of the molecule is O=C(O)CCC1CCCN(Cc2nccn2C(F)F)C1. The highest BCUT2D eigenvalue weighted by Gasteiger charge is 2.22. The number of rotatable bonds is 6. The molecule has 7 heteroatoms. The Labute approximate surface area is 116 Å². The Balaban J connectivity index is 1.89. The number of hydrogen-bond donors (Lipinski definition) is 1. The summed E-state index contributed by atoms with van der Waals surface area (Å²) in [4.78, 5) is 16.6. The monoisotopic (exact) mass is 287 g/mol. The lowest BCUT2D eigenvalue weighted by atomic mass is 9.93. The van der Waals surface area contributed by atoms with Crippen LogP contribution in [0.4, 0.5) is 8.78 Å². The van der Waals surface area contributed by atoms with Crippen LogP contribution in [0.5, 0.6) is 0 Å². The van der Waals surface area contributed by atoms with E-state index < -0.39 is 12.5 Å². The second kappa shape index (κ2) is 6.78. The molecule has 1 N–H and O–H groups in total. The Morgan fingerprint density at radius 3 is 3.05 bits per heavy atom. The molecular weight excluding hydrogens is 268 g/mol. The number of carboxylic acid groups (broad SMARTS) is 1. The summed E-state index contributed by atoms with van der Waals surface area (Å²) in [5, 5.41) is 8.70. The molecule has 1 aromatic rings. The summed E-state index contributed by atoms with van der Waals surface area (Å²) < 4.78 is 26.4. The van der Waals surface area contributed by atoms with Gasteiger partial charge in [0.25, 0.3) is 0 Å². The van der Waals surface area contributed by atoms with Crippen molar-refractivity contribution in [3.8, 4) is 0 Å². The number of carbonyl (C=O) groups is 1. The molecule has 1 fully saturated rings. The van der Waals surface area contributed by atoms with E-state index >= 15 is 0 Å². The van der Waals surface area contributed by atoms with Crippen molar-refractivity contribution in [1.29, 1.82) is 0 Å². The molecule has 0 aromatic carbocycles. The van der Waals surface area contributed by atoms with Crippen molar-refractivity contribution in [2.45, 2.75) is 38.8 Å². The Bertz CT molecular complexity index is 451. The number of likely N-dealkylation sites (tertiary alicyclic amines) is 1. The molecule has 1 atom stereocenters. The maximum Gasteiger partial charge on any atom is 0.319 e. The van der Waals surface area contributed by atoms with E-state index in [9.17, 15) is 13.6 Å².